The summed E-state index contributed by atoms with van der Waals surface area (Å²) in [6.45, 7) is 0. The maximum atomic E-state index is 4.86. The van der Waals surface area contributed by atoms with E-state index in [-0.39, 0.29) is 12.4 Å². The van der Waals surface area contributed by atoms with Crippen LogP contribution < -0.4 is 28.7 Å². The van der Waals surface area contributed by atoms with Crippen LogP contribution in [0.4, 0.5) is 0 Å². The summed E-state index contributed by atoms with van der Waals surface area (Å²) in [5.41, 5.74) is 0. The molecule has 6 nitrogen and oxygen atoms in total. The Labute approximate surface area is 53.5 Å². The third-order valence-electron chi connectivity index (χ3n) is 0. The van der Waals surface area contributed by atoms with E-state index in [0.717, 1.165) is 0 Å². The molecule has 0 unspecified atom stereocenters. The Hall–Kier alpha value is 0.556. The molecule has 0 aromatic rings. The fourth-order valence-corrected chi connectivity index (χ4v) is 0. The second kappa shape index (κ2) is 1.34. The molecule has 8 heteroatoms. The second-order valence-corrected chi connectivity index (χ2v) is 6.87. The SMILES string of the molecule is Cl.[NH2][Co]([NH2])([NH2])([NH2])([NH2])[NH2]. The maximum absolute atomic E-state index is 4.86. The van der Waals surface area contributed by atoms with Crippen molar-refractivity contribution in [3.63, 3.8) is 0 Å². The van der Waals surface area contributed by atoms with Crippen molar-refractivity contribution in [2.75, 3.05) is 0 Å². The van der Waals surface area contributed by atoms with E-state index in [1.165, 1.54) is 0 Å². The molecule has 0 atom stereocenters. The molecule has 0 saturated heterocycles. The van der Waals surface area contributed by atoms with Crippen molar-refractivity contribution in [3.05, 3.63) is 0 Å². The van der Waals surface area contributed by atoms with E-state index in [1.54, 1.807) is 0 Å². The fraction of sp³-hybridized carbons (Fsp3) is 0. The Morgan fingerprint density at radius 1 is 0.625 bits per heavy atom. The summed E-state index contributed by atoms with van der Waals surface area (Å²) in [6.07, 6.45) is 0. The van der Waals surface area contributed by atoms with Crippen LogP contribution in [-0.2, 0) is 11.8 Å². The van der Waals surface area contributed by atoms with Gasteiger partial charge >= 0.3 is 40.5 Å². The van der Waals surface area contributed by atoms with Crippen LogP contribution in [0, 0.1) is 0 Å². The predicted molar refractivity (Wildman–Crippen MR) is 32.4 cm³/mol. The minimum absolute atomic E-state index is 0. The predicted octanol–water partition coefficient (Wildman–Crippen LogP) is -3.12. The second-order valence-electron chi connectivity index (χ2n) is 1.67. The van der Waals surface area contributed by atoms with Crippen LogP contribution in [0.15, 0.2) is 0 Å². The van der Waals surface area contributed by atoms with Crippen LogP contribution >= 0.6 is 12.4 Å². The van der Waals surface area contributed by atoms with E-state index in [2.05, 4.69) is 0 Å². The summed E-state index contributed by atoms with van der Waals surface area (Å²) in [6, 6.07) is 0. The molecule has 0 aliphatic carbocycles. The van der Waals surface area contributed by atoms with Crippen molar-refractivity contribution in [1.29, 1.82) is 0 Å². The summed E-state index contributed by atoms with van der Waals surface area (Å²) < 4.78 is 0. The fourth-order valence-electron chi connectivity index (χ4n) is 0. The molecule has 0 saturated carbocycles. The van der Waals surface area contributed by atoms with Gasteiger partial charge in [-0.3, -0.25) is 0 Å². The van der Waals surface area contributed by atoms with Gasteiger partial charge in [0.1, 0.15) is 0 Å². The van der Waals surface area contributed by atoms with Crippen molar-refractivity contribution in [3.8, 4) is 0 Å². The summed E-state index contributed by atoms with van der Waals surface area (Å²) >= 11 is -4.65. The molecule has 0 fully saturated rings. The van der Waals surface area contributed by atoms with E-state index in [4.69, 9.17) is 28.7 Å². The molecule has 12 N–H and O–H groups in total. The van der Waals surface area contributed by atoms with Gasteiger partial charge in [-0.25, -0.2) is 0 Å². The monoisotopic (exact) mass is 191 g/mol. The van der Waals surface area contributed by atoms with Gasteiger partial charge < -0.3 is 0 Å². The van der Waals surface area contributed by atoms with Gasteiger partial charge in [0.25, 0.3) is 0 Å². The first kappa shape index (κ1) is 11.4. The first-order chi connectivity index (χ1) is 2.45. The Balaban J connectivity index is 0. The molecule has 0 rings (SSSR count). The Bertz CT molecular complexity index is 67.1. The van der Waals surface area contributed by atoms with E-state index < -0.39 is 11.8 Å². The summed E-state index contributed by atoms with van der Waals surface area (Å²) in [5, 5.41) is 0. The molecule has 8 heavy (non-hydrogen) atoms. The summed E-state index contributed by atoms with van der Waals surface area (Å²) in [7, 11) is 0. The molecule has 0 spiro atoms. The van der Waals surface area contributed by atoms with Crippen molar-refractivity contribution in [2.24, 2.45) is 28.7 Å². The molecule has 59 valence electrons. The molecule has 0 aliphatic heterocycles. The van der Waals surface area contributed by atoms with Gasteiger partial charge in [0.05, 0.1) is 0 Å². The van der Waals surface area contributed by atoms with Gasteiger partial charge in [-0.2, -0.15) is 0 Å². The summed E-state index contributed by atoms with van der Waals surface area (Å²) in [5.74, 6) is 0. The molecule has 0 heterocycles. The molecule has 0 amide bonds. The normalized spacial score (nSPS) is 20.2. The van der Waals surface area contributed by atoms with Gasteiger partial charge in [-0.1, -0.05) is 0 Å². The van der Waals surface area contributed by atoms with Crippen molar-refractivity contribution in [2.45, 2.75) is 0 Å². The zero-order valence-electron chi connectivity index (χ0n) is 4.21. The van der Waals surface area contributed by atoms with Gasteiger partial charge in [-0.05, 0) is 0 Å². The van der Waals surface area contributed by atoms with Crippen LogP contribution in [0.1, 0.15) is 0 Å². The zero-order valence-corrected chi connectivity index (χ0v) is 6.06. The average molecular weight is 192 g/mol. The van der Waals surface area contributed by atoms with Gasteiger partial charge in [-0.15, -0.1) is 12.4 Å². The van der Waals surface area contributed by atoms with Gasteiger partial charge in [0, 0.05) is 0 Å². The molecule has 0 radical (unpaired) electrons. The first-order valence-electron chi connectivity index (χ1n) is 1.15. The summed E-state index contributed by atoms with van der Waals surface area (Å²) in [4.78, 5) is 29.2. The van der Waals surface area contributed by atoms with Crippen LogP contribution in [0.5, 0.6) is 0 Å². The number of hydrogen-bond acceptors (Lipinski definition) is 6. The van der Waals surface area contributed by atoms with E-state index in [9.17, 15) is 0 Å². The van der Waals surface area contributed by atoms with Crippen LogP contribution in [0.3, 0.4) is 0 Å². The Morgan fingerprint density at radius 2 is 0.625 bits per heavy atom. The van der Waals surface area contributed by atoms with E-state index in [1.807, 2.05) is 0 Å². The zero-order chi connectivity index (χ0) is 6.41. The third kappa shape index (κ3) is 654. The molecule has 0 bridgehead atoms. The van der Waals surface area contributed by atoms with E-state index in [0.29, 0.717) is 0 Å². The van der Waals surface area contributed by atoms with Crippen molar-refractivity contribution in [1.82, 2.24) is 0 Å². The van der Waals surface area contributed by atoms with Crippen molar-refractivity contribution < 1.29 is 11.8 Å². The number of hydrogen-bond donors (Lipinski definition) is 6. The van der Waals surface area contributed by atoms with Gasteiger partial charge in [0.15, 0.2) is 0 Å². The average Bonchev–Trinajstić information content (AvgIpc) is 0.592. The minimum atomic E-state index is -4.65. The van der Waals surface area contributed by atoms with Gasteiger partial charge in [0.2, 0.25) is 0 Å². The van der Waals surface area contributed by atoms with Crippen LogP contribution in [0.25, 0.3) is 0 Å². The molecule has 0 aliphatic rings. The first-order valence-corrected chi connectivity index (χ1v) is 4.76. The molecule has 0 aromatic carbocycles. The number of rotatable bonds is 0. The molecular weight excluding hydrogens is 178 g/mol. The Kier molecular flexibility index (Phi) is 1.91. The Morgan fingerprint density at radius 3 is 0.625 bits per heavy atom. The quantitative estimate of drug-likeness (QED) is 0.238. The topological polar surface area (TPSA) is 156 Å². The molecular formula is H13ClCoN6. The number of halogens is 1. The standard InChI is InChI=1S/ClH.Co.6H2N/h1H;;6*1H2/q;+6;6*-1. The molecule has 0 aromatic heterocycles. The van der Waals surface area contributed by atoms with Crippen molar-refractivity contribution >= 4 is 12.4 Å². The third-order valence-corrected chi connectivity index (χ3v) is 0. The van der Waals surface area contributed by atoms with E-state index >= 15 is 0 Å². The van der Waals surface area contributed by atoms with Crippen LogP contribution in [-0.4, -0.2) is 0 Å². The number of nitrogens with two attached hydrogens (primary N) is 6. The van der Waals surface area contributed by atoms with Crippen LogP contribution in [0.2, 0.25) is 0 Å².